The van der Waals surface area contributed by atoms with Crippen molar-refractivity contribution in [2.75, 3.05) is 23.3 Å². The van der Waals surface area contributed by atoms with E-state index in [1.807, 2.05) is 6.07 Å². The van der Waals surface area contributed by atoms with Crippen molar-refractivity contribution in [3.05, 3.63) is 23.8 Å². The van der Waals surface area contributed by atoms with Crippen molar-refractivity contribution in [1.29, 1.82) is 0 Å². The number of piperidine rings is 1. The largest absolute Gasteiger partial charge is 0.370 e. The summed E-state index contributed by atoms with van der Waals surface area (Å²) in [6.45, 7) is 1.98. The number of benzene rings is 1. The highest BCUT2D eigenvalue weighted by Gasteiger charge is 2.26. The molecule has 1 aromatic carbocycles. The van der Waals surface area contributed by atoms with Crippen LogP contribution in [0, 0.1) is 5.92 Å². The summed E-state index contributed by atoms with van der Waals surface area (Å²) < 4.78 is 0. The second-order valence-corrected chi connectivity index (χ2v) is 6.26. The minimum Gasteiger partial charge on any atom is -0.370 e. The van der Waals surface area contributed by atoms with Crippen LogP contribution in [0.3, 0.4) is 0 Å². The van der Waals surface area contributed by atoms with Crippen LogP contribution in [-0.2, 0) is 4.79 Å². The Labute approximate surface area is 130 Å². The molecule has 0 bridgehead atoms. The van der Waals surface area contributed by atoms with Crippen LogP contribution in [0.1, 0.15) is 48.9 Å². The molecule has 2 amide bonds. The molecule has 0 aromatic heterocycles. The summed E-state index contributed by atoms with van der Waals surface area (Å²) in [6.07, 6.45) is 6.61. The van der Waals surface area contributed by atoms with Gasteiger partial charge in [0.2, 0.25) is 11.8 Å². The number of primary amides is 1. The molecular formula is C17H23N3O2. The second kappa shape index (κ2) is 6.38. The van der Waals surface area contributed by atoms with Gasteiger partial charge in [0.15, 0.2) is 0 Å². The Morgan fingerprint density at radius 1 is 1.09 bits per heavy atom. The molecule has 22 heavy (non-hydrogen) atoms. The van der Waals surface area contributed by atoms with Gasteiger partial charge in [0.05, 0.1) is 11.4 Å². The molecule has 3 N–H and O–H groups in total. The second-order valence-electron chi connectivity index (χ2n) is 6.26. The Hall–Kier alpha value is -2.04. The minimum atomic E-state index is -0.468. The Morgan fingerprint density at radius 3 is 2.41 bits per heavy atom. The van der Waals surface area contributed by atoms with Gasteiger partial charge in [-0.1, -0.05) is 6.42 Å². The van der Waals surface area contributed by atoms with Crippen LogP contribution in [0.25, 0.3) is 0 Å². The molecule has 2 fully saturated rings. The maximum atomic E-state index is 12.3. The lowest BCUT2D eigenvalue weighted by atomic mass is 9.85. The fourth-order valence-electron chi connectivity index (χ4n) is 3.11. The van der Waals surface area contributed by atoms with Crippen LogP contribution < -0.4 is 16.0 Å². The van der Waals surface area contributed by atoms with Gasteiger partial charge in [-0.25, -0.2) is 0 Å². The van der Waals surface area contributed by atoms with Gasteiger partial charge in [-0.3, -0.25) is 9.59 Å². The van der Waals surface area contributed by atoms with E-state index in [0.717, 1.165) is 56.6 Å². The van der Waals surface area contributed by atoms with Crippen LogP contribution in [-0.4, -0.2) is 24.9 Å². The van der Waals surface area contributed by atoms with E-state index in [1.165, 1.54) is 6.42 Å². The highest BCUT2D eigenvalue weighted by Crippen LogP contribution is 2.32. The maximum Gasteiger partial charge on any atom is 0.248 e. The van der Waals surface area contributed by atoms with Crippen LogP contribution >= 0.6 is 0 Å². The molecule has 1 saturated heterocycles. The van der Waals surface area contributed by atoms with Crippen LogP contribution in [0.5, 0.6) is 0 Å². The van der Waals surface area contributed by atoms with E-state index < -0.39 is 5.91 Å². The summed E-state index contributed by atoms with van der Waals surface area (Å²) in [6, 6.07) is 5.36. The third-order valence-electron chi connectivity index (χ3n) is 4.71. The number of nitrogens with zero attached hydrogens (tertiary/aromatic N) is 1. The van der Waals surface area contributed by atoms with Gasteiger partial charge in [0.25, 0.3) is 0 Å². The van der Waals surface area contributed by atoms with E-state index in [0.29, 0.717) is 5.56 Å². The molecule has 1 aliphatic carbocycles. The number of carbonyl (C=O) groups is 2. The Bertz CT molecular complexity index is 575. The summed E-state index contributed by atoms with van der Waals surface area (Å²) in [7, 11) is 0. The molecule has 0 spiro atoms. The predicted molar refractivity (Wildman–Crippen MR) is 87.0 cm³/mol. The molecular weight excluding hydrogens is 278 g/mol. The molecule has 1 saturated carbocycles. The molecule has 3 rings (SSSR count). The van der Waals surface area contributed by atoms with E-state index in [2.05, 4.69) is 10.2 Å². The van der Waals surface area contributed by atoms with Gasteiger partial charge in [-0.05, 0) is 50.3 Å². The van der Waals surface area contributed by atoms with Crippen molar-refractivity contribution in [3.8, 4) is 0 Å². The van der Waals surface area contributed by atoms with Gasteiger partial charge in [0, 0.05) is 24.6 Å². The van der Waals surface area contributed by atoms with Crippen molar-refractivity contribution in [1.82, 2.24) is 0 Å². The first-order chi connectivity index (χ1) is 10.6. The maximum absolute atomic E-state index is 12.3. The number of anilines is 2. The summed E-state index contributed by atoms with van der Waals surface area (Å²) in [5.74, 6) is -0.290. The Balaban J connectivity index is 1.86. The number of hydrogen-bond donors (Lipinski definition) is 2. The zero-order valence-electron chi connectivity index (χ0n) is 12.8. The summed E-state index contributed by atoms with van der Waals surface area (Å²) in [5, 5.41) is 3.02. The number of hydrogen-bond acceptors (Lipinski definition) is 3. The standard InChI is InChI=1S/C17H23N3O2/c18-16(21)13-7-8-15(20-9-2-1-3-10-20)14(11-13)19-17(22)12-5-4-6-12/h7-8,11-12H,1-6,9-10H2,(H2,18,21)(H,19,22). The average Bonchev–Trinajstić information content (AvgIpc) is 2.46. The lowest BCUT2D eigenvalue weighted by Crippen LogP contribution is -2.32. The summed E-state index contributed by atoms with van der Waals surface area (Å²) in [5.41, 5.74) is 7.52. The number of amides is 2. The van der Waals surface area contributed by atoms with Crippen molar-refractivity contribution < 1.29 is 9.59 Å². The molecule has 0 radical (unpaired) electrons. The molecule has 1 aliphatic heterocycles. The average molecular weight is 301 g/mol. The van der Waals surface area contributed by atoms with Crippen molar-refractivity contribution in [3.63, 3.8) is 0 Å². The number of nitrogens with two attached hydrogens (primary N) is 1. The smallest absolute Gasteiger partial charge is 0.248 e. The fourth-order valence-corrected chi connectivity index (χ4v) is 3.11. The molecule has 1 heterocycles. The van der Waals surface area contributed by atoms with E-state index in [-0.39, 0.29) is 11.8 Å². The third kappa shape index (κ3) is 3.08. The highest BCUT2D eigenvalue weighted by molar-refractivity contribution is 6.00. The van der Waals surface area contributed by atoms with Gasteiger partial charge < -0.3 is 16.0 Å². The van der Waals surface area contributed by atoms with Crippen molar-refractivity contribution in [2.45, 2.75) is 38.5 Å². The van der Waals surface area contributed by atoms with Gasteiger partial charge in [-0.15, -0.1) is 0 Å². The zero-order valence-corrected chi connectivity index (χ0v) is 12.8. The fraction of sp³-hybridized carbons (Fsp3) is 0.529. The first kappa shape index (κ1) is 14.9. The zero-order chi connectivity index (χ0) is 15.5. The van der Waals surface area contributed by atoms with E-state index in [4.69, 9.17) is 5.73 Å². The first-order valence-electron chi connectivity index (χ1n) is 8.15. The molecule has 0 atom stereocenters. The SMILES string of the molecule is NC(=O)c1ccc(N2CCCCC2)c(NC(=O)C2CCC2)c1. The first-order valence-corrected chi connectivity index (χ1v) is 8.15. The normalized spacial score (nSPS) is 18.6. The summed E-state index contributed by atoms with van der Waals surface area (Å²) in [4.78, 5) is 26.0. The predicted octanol–water partition coefficient (Wildman–Crippen LogP) is 2.51. The van der Waals surface area contributed by atoms with Gasteiger partial charge in [-0.2, -0.15) is 0 Å². The molecule has 5 heteroatoms. The lowest BCUT2D eigenvalue weighted by Gasteiger charge is -2.31. The molecule has 2 aliphatic rings. The van der Waals surface area contributed by atoms with Crippen LogP contribution in [0.2, 0.25) is 0 Å². The third-order valence-corrected chi connectivity index (χ3v) is 4.71. The van der Waals surface area contributed by atoms with Crippen LogP contribution in [0.15, 0.2) is 18.2 Å². The number of carbonyl (C=O) groups excluding carboxylic acids is 2. The molecule has 118 valence electrons. The van der Waals surface area contributed by atoms with Crippen LogP contribution in [0.4, 0.5) is 11.4 Å². The van der Waals surface area contributed by atoms with Gasteiger partial charge >= 0.3 is 0 Å². The summed E-state index contributed by atoms with van der Waals surface area (Å²) >= 11 is 0. The Morgan fingerprint density at radius 2 is 1.82 bits per heavy atom. The minimum absolute atomic E-state index is 0.0612. The topological polar surface area (TPSA) is 75.4 Å². The Kier molecular flexibility index (Phi) is 4.32. The van der Waals surface area contributed by atoms with E-state index in [9.17, 15) is 9.59 Å². The molecule has 1 aromatic rings. The number of rotatable bonds is 4. The van der Waals surface area contributed by atoms with Crippen molar-refractivity contribution >= 4 is 23.2 Å². The number of nitrogens with one attached hydrogen (secondary N) is 1. The van der Waals surface area contributed by atoms with Crippen molar-refractivity contribution in [2.24, 2.45) is 11.7 Å². The lowest BCUT2D eigenvalue weighted by molar-refractivity contribution is -0.122. The van der Waals surface area contributed by atoms with E-state index >= 15 is 0 Å². The van der Waals surface area contributed by atoms with Gasteiger partial charge in [0.1, 0.15) is 0 Å². The monoisotopic (exact) mass is 301 g/mol. The molecule has 5 nitrogen and oxygen atoms in total. The molecule has 0 unspecified atom stereocenters. The quantitative estimate of drug-likeness (QED) is 0.897. The van der Waals surface area contributed by atoms with E-state index in [1.54, 1.807) is 12.1 Å². The highest BCUT2D eigenvalue weighted by atomic mass is 16.2.